The molecule has 4 N–H and O–H groups in total. The molecule has 0 aliphatic heterocycles. The minimum absolute atomic E-state index is 0.130. The van der Waals surface area contributed by atoms with E-state index in [0.717, 1.165) is 0 Å². The molecule has 0 spiro atoms. The molecule has 1 rings (SSSR count). The van der Waals surface area contributed by atoms with Crippen molar-refractivity contribution in [1.29, 1.82) is 5.41 Å². The van der Waals surface area contributed by atoms with Crippen LogP contribution >= 0.6 is 0 Å². The highest BCUT2D eigenvalue weighted by molar-refractivity contribution is 6.09. The number of nitrogen functional groups attached to an aromatic ring is 1. The Hall–Kier alpha value is -1.84. The Labute approximate surface area is 88.2 Å². The van der Waals surface area contributed by atoms with Crippen LogP contribution in [0.5, 0.6) is 0 Å². The number of carboxylic acid groups (broad SMARTS) is 1. The van der Waals surface area contributed by atoms with Gasteiger partial charge in [0.15, 0.2) is 0 Å². The van der Waals surface area contributed by atoms with Crippen LogP contribution in [0.1, 0.15) is 18.9 Å². The van der Waals surface area contributed by atoms with Gasteiger partial charge in [-0.25, -0.2) is 0 Å². The molecule has 1 aromatic carbocycles. The van der Waals surface area contributed by atoms with Crippen LogP contribution in [-0.4, -0.2) is 16.8 Å². The van der Waals surface area contributed by atoms with Gasteiger partial charge in [0, 0.05) is 5.69 Å². The summed E-state index contributed by atoms with van der Waals surface area (Å²) in [4.78, 5) is 10.8. The van der Waals surface area contributed by atoms with Crippen LogP contribution < -0.4 is 5.73 Å². The van der Waals surface area contributed by atoms with E-state index in [1.54, 1.807) is 31.2 Å². The minimum atomic E-state index is -0.959. The summed E-state index contributed by atoms with van der Waals surface area (Å²) in [6.07, 6.45) is 0.415. The van der Waals surface area contributed by atoms with E-state index in [4.69, 9.17) is 16.2 Å². The second-order valence-corrected chi connectivity index (χ2v) is 3.33. The van der Waals surface area contributed by atoms with Crippen LogP contribution in [0.15, 0.2) is 24.3 Å². The molecule has 0 aliphatic carbocycles. The average molecular weight is 206 g/mol. The number of hydrogen-bond acceptors (Lipinski definition) is 3. The molecule has 0 heterocycles. The van der Waals surface area contributed by atoms with Crippen LogP contribution in [0.25, 0.3) is 0 Å². The van der Waals surface area contributed by atoms with Gasteiger partial charge in [0.05, 0.1) is 11.6 Å². The Morgan fingerprint density at radius 1 is 1.47 bits per heavy atom. The van der Waals surface area contributed by atoms with E-state index in [1.807, 2.05) is 0 Å². The van der Waals surface area contributed by atoms with E-state index < -0.39 is 11.9 Å². The zero-order valence-electron chi connectivity index (χ0n) is 8.53. The van der Waals surface area contributed by atoms with Crippen LogP contribution in [0, 0.1) is 11.3 Å². The van der Waals surface area contributed by atoms with Gasteiger partial charge in [0.25, 0.3) is 0 Å². The molecular weight excluding hydrogens is 192 g/mol. The Kier molecular flexibility index (Phi) is 3.44. The summed E-state index contributed by atoms with van der Waals surface area (Å²) in [5, 5.41) is 16.7. The van der Waals surface area contributed by atoms with Crippen LogP contribution in [0.2, 0.25) is 0 Å². The van der Waals surface area contributed by atoms with Crippen LogP contribution in [0.4, 0.5) is 5.69 Å². The van der Waals surface area contributed by atoms with E-state index in [1.165, 1.54) is 0 Å². The normalized spacial score (nSPS) is 12.1. The Bertz CT molecular complexity index is 371. The summed E-state index contributed by atoms with van der Waals surface area (Å²) in [5.74, 6) is -1.70. The van der Waals surface area contributed by atoms with Crippen molar-refractivity contribution in [2.24, 2.45) is 5.92 Å². The molecule has 0 saturated carbocycles. The SMILES string of the molecule is CC[C@@H](C(=N)c1ccc(N)cc1)C(=O)O. The quantitative estimate of drug-likeness (QED) is 0.518. The summed E-state index contributed by atoms with van der Waals surface area (Å²) in [5.41, 5.74) is 6.85. The molecule has 0 bridgehead atoms. The number of nitrogens with two attached hydrogens (primary N) is 1. The predicted octanol–water partition coefficient (Wildman–Crippen LogP) is 1.75. The first-order valence-electron chi connectivity index (χ1n) is 4.73. The fourth-order valence-electron chi connectivity index (χ4n) is 1.37. The van der Waals surface area contributed by atoms with Gasteiger partial charge in [-0.2, -0.15) is 0 Å². The molecule has 0 aliphatic rings. The lowest BCUT2D eigenvalue weighted by Gasteiger charge is -2.11. The van der Waals surface area contributed by atoms with Gasteiger partial charge in [-0.15, -0.1) is 0 Å². The first-order valence-corrected chi connectivity index (χ1v) is 4.73. The maximum atomic E-state index is 10.8. The molecule has 0 amide bonds. The van der Waals surface area contributed by atoms with Gasteiger partial charge in [-0.05, 0) is 24.1 Å². The lowest BCUT2D eigenvalue weighted by Crippen LogP contribution is -2.23. The zero-order valence-corrected chi connectivity index (χ0v) is 8.53. The lowest BCUT2D eigenvalue weighted by atomic mass is 9.94. The first-order chi connectivity index (χ1) is 7.06. The van der Waals surface area contributed by atoms with Crippen molar-refractivity contribution >= 4 is 17.4 Å². The molecule has 1 atom stereocenters. The molecule has 1 aromatic rings. The highest BCUT2D eigenvalue weighted by atomic mass is 16.4. The summed E-state index contributed by atoms with van der Waals surface area (Å²) in [6.45, 7) is 1.75. The van der Waals surface area contributed by atoms with Crippen LogP contribution in [0.3, 0.4) is 0 Å². The maximum absolute atomic E-state index is 10.8. The van der Waals surface area contributed by atoms with Gasteiger partial charge in [-0.1, -0.05) is 19.1 Å². The monoisotopic (exact) mass is 206 g/mol. The van der Waals surface area contributed by atoms with Crippen molar-refractivity contribution in [3.8, 4) is 0 Å². The predicted molar refractivity (Wildman–Crippen MR) is 59.1 cm³/mol. The van der Waals surface area contributed by atoms with Gasteiger partial charge >= 0.3 is 5.97 Å². The molecule has 15 heavy (non-hydrogen) atoms. The largest absolute Gasteiger partial charge is 0.481 e. The Balaban J connectivity index is 2.93. The standard InChI is InChI=1S/C11H14N2O2/c1-2-9(11(14)15)10(13)7-3-5-8(12)6-4-7/h3-6,9,13H,2,12H2,1H3,(H,14,15)/t9-/m0/s1. The third-order valence-electron chi connectivity index (χ3n) is 2.28. The van der Waals surface area contributed by atoms with Crippen molar-refractivity contribution in [2.45, 2.75) is 13.3 Å². The van der Waals surface area contributed by atoms with Crippen molar-refractivity contribution in [3.05, 3.63) is 29.8 Å². The second-order valence-electron chi connectivity index (χ2n) is 3.33. The summed E-state index contributed by atoms with van der Waals surface area (Å²) < 4.78 is 0. The smallest absolute Gasteiger partial charge is 0.312 e. The van der Waals surface area contributed by atoms with Gasteiger partial charge < -0.3 is 16.2 Å². The van der Waals surface area contributed by atoms with E-state index in [9.17, 15) is 4.79 Å². The van der Waals surface area contributed by atoms with E-state index >= 15 is 0 Å². The topological polar surface area (TPSA) is 87.2 Å². The summed E-state index contributed by atoms with van der Waals surface area (Å²) in [6, 6.07) is 6.67. The molecule has 0 unspecified atom stereocenters. The number of hydrogen-bond donors (Lipinski definition) is 3. The van der Waals surface area contributed by atoms with Crippen molar-refractivity contribution in [1.82, 2.24) is 0 Å². The van der Waals surface area contributed by atoms with Crippen molar-refractivity contribution < 1.29 is 9.90 Å². The molecule has 0 saturated heterocycles. The first kappa shape index (κ1) is 11.2. The van der Waals surface area contributed by atoms with Crippen molar-refractivity contribution in [2.75, 3.05) is 5.73 Å². The van der Waals surface area contributed by atoms with Gasteiger partial charge in [0.2, 0.25) is 0 Å². The number of benzene rings is 1. The molecule has 0 fully saturated rings. The third-order valence-corrected chi connectivity index (χ3v) is 2.28. The van der Waals surface area contributed by atoms with E-state index in [-0.39, 0.29) is 5.71 Å². The highest BCUT2D eigenvalue weighted by Crippen LogP contribution is 2.14. The molecule has 0 aromatic heterocycles. The second kappa shape index (κ2) is 4.59. The van der Waals surface area contributed by atoms with E-state index in [0.29, 0.717) is 17.7 Å². The maximum Gasteiger partial charge on any atom is 0.312 e. The number of aliphatic carboxylic acids is 1. The third kappa shape index (κ3) is 2.56. The number of carbonyl (C=O) groups is 1. The summed E-state index contributed by atoms with van der Waals surface area (Å²) in [7, 11) is 0. The molecule has 80 valence electrons. The van der Waals surface area contributed by atoms with E-state index in [2.05, 4.69) is 0 Å². The number of nitrogens with one attached hydrogen (secondary N) is 1. The molecule has 4 nitrogen and oxygen atoms in total. The summed E-state index contributed by atoms with van der Waals surface area (Å²) >= 11 is 0. The van der Waals surface area contributed by atoms with Gasteiger partial charge in [0.1, 0.15) is 0 Å². The average Bonchev–Trinajstić information content (AvgIpc) is 2.19. The number of anilines is 1. The molecular formula is C11H14N2O2. The Morgan fingerprint density at radius 2 is 2.00 bits per heavy atom. The van der Waals surface area contributed by atoms with Crippen molar-refractivity contribution in [3.63, 3.8) is 0 Å². The van der Waals surface area contributed by atoms with Gasteiger partial charge in [-0.3, -0.25) is 4.79 Å². The lowest BCUT2D eigenvalue weighted by molar-refractivity contribution is -0.139. The fraction of sp³-hybridized carbons (Fsp3) is 0.273. The highest BCUT2D eigenvalue weighted by Gasteiger charge is 2.21. The fourth-order valence-corrected chi connectivity index (χ4v) is 1.37. The molecule has 0 radical (unpaired) electrons. The zero-order chi connectivity index (χ0) is 11.4. The number of rotatable bonds is 4. The Morgan fingerprint density at radius 3 is 2.40 bits per heavy atom. The van der Waals surface area contributed by atoms with Crippen LogP contribution in [-0.2, 0) is 4.79 Å². The minimum Gasteiger partial charge on any atom is -0.481 e. The molecule has 4 heteroatoms. The number of carboxylic acids is 1.